The lowest BCUT2D eigenvalue weighted by Gasteiger charge is -2.23. The summed E-state index contributed by atoms with van der Waals surface area (Å²) in [5.41, 5.74) is 9.80. The highest BCUT2D eigenvalue weighted by Gasteiger charge is 2.39. The van der Waals surface area contributed by atoms with Gasteiger partial charge in [-0.25, -0.2) is 4.98 Å². The third kappa shape index (κ3) is 2.19. The number of rotatable bonds is 2. The summed E-state index contributed by atoms with van der Waals surface area (Å²) in [7, 11) is 0. The van der Waals surface area contributed by atoms with Gasteiger partial charge in [-0.1, -0.05) is 24.3 Å². The van der Waals surface area contributed by atoms with Crippen molar-refractivity contribution in [3.05, 3.63) is 42.4 Å². The summed E-state index contributed by atoms with van der Waals surface area (Å²) in [6.45, 7) is 6.56. The van der Waals surface area contributed by atoms with Crippen LogP contribution in [0.4, 0.5) is 0 Å². The van der Waals surface area contributed by atoms with Crippen molar-refractivity contribution in [1.82, 2.24) is 9.55 Å². The van der Waals surface area contributed by atoms with E-state index in [1.54, 1.807) is 0 Å². The largest absolute Gasteiger partial charge is 0.325 e. The van der Waals surface area contributed by atoms with E-state index >= 15 is 0 Å². The molecule has 1 heterocycles. The van der Waals surface area contributed by atoms with Gasteiger partial charge in [0, 0.05) is 11.1 Å². The Kier molecular flexibility index (Phi) is 2.58. The Hall–Kier alpha value is -1.61. The fraction of sp³-hybridized carbons (Fsp3) is 0.438. The molecule has 2 N–H and O–H groups in total. The molecule has 1 aliphatic carbocycles. The molecule has 19 heavy (non-hydrogen) atoms. The minimum absolute atomic E-state index is 0.0378. The molecule has 2 aromatic rings. The number of nitrogens with two attached hydrogens (primary N) is 1. The zero-order valence-corrected chi connectivity index (χ0v) is 11.9. The predicted molar refractivity (Wildman–Crippen MR) is 77.8 cm³/mol. The van der Waals surface area contributed by atoms with E-state index in [4.69, 9.17) is 5.73 Å². The normalized spacial score (nSPS) is 17.5. The lowest BCUT2D eigenvalue weighted by Crippen LogP contribution is -2.21. The first-order chi connectivity index (χ1) is 8.90. The molecular weight excluding hydrogens is 234 g/mol. The van der Waals surface area contributed by atoms with Crippen LogP contribution < -0.4 is 5.73 Å². The van der Waals surface area contributed by atoms with E-state index in [0.29, 0.717) is 0 Å². The van der Waals surface area contributed by atoms with Crippen molar-refractivity contribution in [3.8, 4) is 11.3 Å². The van der Waals surface area contributed by atoms with Gasteiger partial charge in [-0.3, -0.25) is 0 Å². The average Bonchev–Trinajstić information content (AvgIpc) is 2.93. The summed E-state index contributed by atoms with van der Waals surface area (Å²) in [5.74, 6) is 0. The van der Waals surface area contributed by atoms with E-state index in [1.807, 2.05) is 12.5 Å². The van der Waals surface area contributed by atoms with E-state index in [-0.39, 0.29) is 11.1 Å². The standard InChI is InChI=1S/C16H21N3/c1-15(2,3)19-11-18-10-14(19)12-4-6-13(7-5-12)16(17)8-9-16/h4-7,10-11H,8-9,17H2,1-3H3. The zero-order valence-electron chi connectivity index (χ0n) is 11.9. The summed E-state index contributed by atoms with van der Waals surface area (Å²) in [6, 6.07) is 8.62. The van der Waals surface area contributed by atoms with Crippen LogP contribution in [0, 0.1) is 0 Å². The van der Waals surface area contributed by atoms with Gasteiger partial charge in [-0.2, -0.15) is 0 Å². The third-order valence-electron chi connectivity index (χ3n) is 3.91. The van der Waals surface area contributed by atoms with E-state index in [9.17, 15) is 0 Å². The molecule has 0 unspecified atom stereocenters. The fourth-order valence-electron chi connectivity index (χ4n) is 2.44. The summed E-state index contributed by atoms with van der Waals surface area (Å²) >= 11 is 0. The maximum absolute atomic E-state index is 6.22. The van der Waals surface area contributed by atoms with Gasteiger partial charge in [0.1, 0.15) is 0 Å². The zero-order chi connectivity index (χ0) is 13.7. The quantitative estimate of drug-likeness (QED) is 0.895. The van der Waals surface area contributed by atoms with Crippen LogP contribution in [0.1, 0.15) is 39.2 Å². The molecule has 1 saturated carbocycles. The number of hydrogen-bond donors (Lipinski definition) is 1. The molecule has 1 fully saturated rings. The topological polar surface area (TPSA) is 43.8 Å². The average molecular weight is 255 g/mol. The molecule has 1 aliphatic rings. The van der Waals surface area contributed by atoms with Crippen molar-refractivity contribution in [2.45, 2.75) is 44.7 Å². The fourth-order valence-corrected chi connectivity index (χ4v) is 2.44. The van der Waals surface area contributed by atoms with Crippen LogP contribution in [0.15, 0.2) is 36.8 Å². The molecule has 0 amide bonds. The first-order valence-corrected chi connectivity index (χ1v) is 6.83. The molecule has 3 heteroatoms. The Morgan fingerprint density at radius 2 is 1.79 bits per heavy atom. The highest BCUT2D eigenvalue weighted by molar-refractivity contribution is 5.60. The first-order valence-electron chi connectivity index (χ1n) is 6.83. The summed E-state index contributed by atoms with van der Waals surface area (Å²) in [6.07, 6.45) is 6.03. The summed E-state index contributed by atoms with van der Waals surface area (Å²) < 4.78 is 2.21. The molecule has 1 aromatic heterocycles. The van der Waals surface area contributed by atoms with Gasteiger partial charge in [0.2, 0.25) is 0 Å². The monoisotopic (exact) mass is 255 g/mol. The summed E-state index contributed by atoms with van der Waals surface area (Å²) in [5, 5.41) is 0. The highest BCUT2D eigenvalue weighted by atomic mass is 15.1. The van der Waals surface area contributed by atoms with Crippen LogP contribution in [0.5, 0.6) is 0 Å². The van der Waals surface area contributed by atoms with Crippen molar-refractivity contribution < 1.29 is 0 Å². The first kappa shape index (κ1) is 12.4. The van der Waals surface area contributed by atoms with Gasteiger partial charge in [-0.05, 0) is 44.7 Å². The van der Waals surface area contributed by atoms with Crippen molar-refractivity contribution in [2.24, 2.45) is 5.73 Å². The Balaban J connectivity index is 1.97. The molecule has 100 valence electrons. The maximum atomic E-state index is 6.22. The minimum atomic E-state index is -0.0528. The Bertz CT molecular complexity index is 583. The SMILES string of the molecule is CC(C)(C)n1cncc1-c1ccc(C2(N)CC2)cc1. The molecule has 0 aliphatic heterocycles. The predicted octanol–water partition coefficient (Wildman–Crippen LogP) is 3.25. The van der Waals surface area contributed by atoms with Crippen molar-refractivity contribution in [3.63, 3.8) is 0 Å². The van der Waals surface area contributed by atoms with Crippen molar-refractivity contribution in [1.29, 1.82) is 0 Å². The second kappa shape index (κ2) is 3.94. The van der Waals surface area contributed by atoms with Crippen molar-refractivity contribution in [2.75, 3.05) is 0 Å². The van der Waals surface area contributed by atoms with Gasteiger partial charge >= 0.3 is 0 Å². The summed E-state index contributed by atoms with van der Waals surface area (Å²) in [4.78, 5) is 4.29. The van der Waals surface area contributed by atoms with Crippen LogP contribution in [0.25, 0.3) is 11.3 Å². The van der Waals surface area contributed by atoms with Gasteiger partial charge in [-0.15, -0.1) is 0 Å². The Labute approximate surface area is 114 Å². The van der Waals surface area contributed by atoms with E-state index in [0.717, 1.165) is 18.5 Å². The van der Waals surface area contributed by atoms with Crippen LogP contribution in [-0.4, -0.2) is 9.55 Å². The van der Waals surface area contributed by atoms with Crippen LogP contribution >= 0.6 is 0 Å². The minimum Gasteiger partial charge on any atom is -0.325 e. The molecule has 0 atom stereocenters. The second-order valence-electron chi connectivity index (χ2n) is 6.55. The number of hydrogen-bond acceptors (Lipinski definition) is 2. The second-order valence-corrected chi connectivity index (χ2v) is 6.55. The van der Waals surface area contributed by atoms with Crippen molar-refractivity contribution >= 4 is 0 Å². The van der Waals surface area contributed by atoms with Crippen LogP contribution in [0.2, 0.25) is 0 Å². The highest BCUT2D eigenvalue weighted by Crippen LogP contribution is 2.43. The molecule has 0 saturated heterocycles. The molecule has 0 spiro atoms. The third-order valence-corrected chi connectivity index (χ3v) is 3.91. The van der Waals surface area contributed by atoms with Gasteiger partial charge < -0.3 is 10.3 Å². The molecule has 0 radical (unpaired) electrons. The lowest BCUT2D eigenvalue weighted by atomic mass is 10.0. The van der Waals surface area contributed by atoms with E-state index in [2.05, 4.69) is 54.6 Å². The Morgan fingerprint density at radius 3 is 2.32 bits per heavy atom. The number of benzene rings is 1. The van der Waals surface area contributed by atoms with E-state index in [1.165, 1.54) is 11.1 Å². The maximum Gasteiger partial charge on any atom is 0.0955 e. The number of imidazole rings is 1. The van der Waals surface area contributed by atoms with Crippen LogP contribution in [0.3, 0.4) is 0 Å². The van der Waals surface area contributed by atoms with Gasteiger partial charge in [0.25, 0.3) is 0 Å². The molecule has 0 bridgehead atoms. The molecule has 3 nitrogen and oxygen atoms in total. The van der Waals surface area contributed by atoms with E-state index < -0.39 is 0 Å². The smallest absolute Gasteiger partial charge is 0.0955 e. The number of aromatic nitrogens is 2. The molecule has 1 aromatic carbocycles. The van der Waals surface area contributed by atoms with Gasteiger partial charge in [0.15, 0.2) is 0 Å². The number of nitrogens with zero attached hydrogens (tertiary/aromatic N) is 2. The molecule has 3 rings (SSSR count). The van der Waals surface area contributed by atoms with Crippen LogP contribution in [-0.2, 0) is 11.1 Å². The Morgan fingerprint density at radius 1 is 1.16 bits per heavy atom. The molecular formula is C16H21N3. The lowest BCUT2D eigenvalue weighted by molar-refractivity contribution is 0.400. The van der Waals surface area contributed by atoms with Gasteiger partial charge in [0.05, 0.1) is 18.2 Å².